The third kappa shape index (κ3) is 6.84. The highest BCUT2D eigenvalue weighted by Gasteiger charge is 2.23. The first kappa shape index (κ1) is 18.2. The molecule has 1 saturated heterocycles. The number of unbranched alkanes of at least 4 members (excludes halogenated alkanes) is 6. The van der Waals surface area contributed by atoms with Crippen molar-refractivity contribution in [2.24, 2.45) is 13.0 Å². The van der Waals surface area contributed by atoms with E-state index in [0.29, 0.717) is 5.92 Å². The molecule has 0 spiro atoms. The summed E-state index contributed by atoms with van der Waals surface area (Å²) < 4.78 is 13.8. The van der Waals surface area contributed by atoms with Gasteiger partial charge in [-0.25, -0.2) is 4.57 Å². The number of ether oxygens (including phenoxy) is 2. The van der Waals surface area contributed by atoms with Gasteiger partial charge >= 0.3 is 0 Å². The molecule has 0 aliphatic carbocycles. The fourth-order valence-corrected chi connectivity index (χ4v) is 3.00. The highest BCUT2D eigenvalue weighted by atomic mass is 16.7. The van der Waals surface area contributed by atoms with E-state index in [2.05, 4.69) is 18.7 Å². The molecule has 0 amide bonds. The predicted octanol–water partition coefficient (Wildman–Crippen LogP) is 4.48. The third-order valence-electron chi connectivity index (χ3n) is 4.51. The first-order valence-electron chi connectivity index (χ1n) is 9.09. The fourth-order valence-electron chi connectivity index (χ4n) is 3.00. The fraction of sp³-hybridized carbons (Fsp3) is 0.650. The summed E-state index contributed by atoms with van der Waals surface area (Å²) in [5, 5.41) is 0. The van der Waals surface area contributed by atoms with Crippen LogP contribution in [0.2, 0.25) is 0 Å². The van der Waals surface area contributed by atoms with Gasteiger partial charge in [0.15, 0.2) is 18.7 Å². The topological polar surface area (TPSA) is 22.3 Å². The highest BCUT2D eigenvalue weighted by molar-refractivity contribution is 5.09. The zero-order chi connectivity index (χ0) is 16.3. The number of rotatable bonds is 10. The van der Waals surface area contributed by atoms with E-state index in [9.17, 15) is 0 Å². The molecule has 0 atom stereocenters. The largest absolute Gasteiger partial charge is 0.348 e. The lowest BCUT2D eigenvalue weighted by Gasteiger charge is -2.29. The molecule has 1 aromatic heterocycles. The summed E-state index contributed by atoms with van der Waals surface area (Å²) in [5.74, 6) is 0.562. The summed E-state index contributed by atoms with van der Waals surface area (Å²) in [5.41, 5.74) is 1.11. The standard InChI is InChI=1S/C20H32NO2/c1-3-4-5-6-7-8-9-10-11-18-16-22-20(23-17-18)19-12-14-21(2)15-13-19/h3,12-15,18,20H,1,4-11,16-17H2,2H3/q+1. The van der Waals surface area contributed by atoms with Gasteiger partial charge in [0.1, 0.15) is 7.05 Å². The van der Waals surface area contributed by atoms with Crippen molar-refractivity contribution >= 4 is 0 Å². The van der Waals surface area contributed by atoms with Crippen molar-refractivity contribution < 1.29 is 14.0 Å². The van der Waals surface area contributed by atoms with Crippen molar-refractivity contribution in [2.75, 3.05) is 13.2 Å². The normalized spacial score (nSPS) is 21.3. The highest BCUT2D eigenvalue weighted by Crippen LogP contribution is 2.26. The van der Waals surface area contributed by atoms with Crippen LogP contribution >= 0.6 is 0 Å². The Kier molecular flexibility index (Phi) is 8.33. The summed E-state index contributed by atoms with van der Waals surface area (Å²) in [4.78, 5) is 0. The molecular formula is C20H32NO2+. The first-order valence-corrected chi connectivity index (χ1v) is 9.09. The maximum atomic E-state index is 5.90. The van der Waals surface area contributed by atoms with Gasteiger partial charge in [0.05, 0.1) is 13.2 Å². The quantitative estimate of drug-likeness (QED) is 0.360. The summed E-state index contributed by atoms with van der Waals surface area (Å²) in [6, 6.07) is 4.13. The van der Waals surface area contributed by atoms with Gasteiger partial charge in [0.2, 0.25) is 0 Å². The molecule has 1 aromatic rings. The van der Waals surface area contributed by atoms with E-state index in [0.717, 1.165) is 25.2 Å². The van der Waals surface area contributed by atoms with Crippen LogP contribution in [-0.2, 0) is 16.5 Å². The summed E-state index contributed by atoms with van der Waals surface area (Å²) in [7, 11) is 2.02. The number of aryl methyl sites for hydroxylation is 1. The number of hydrogen-bond donors (Lipinski definition) is 0. The van der Waals surface area contributed by atoms with E-state index in [4.69, 9.17) is 9.47 Å². The van der Waals surface area contributed by atoms with Crippen LogP contribution in [0.5, 0.6) is 0 Å². The average Bonchev–Trinajstić information content (AvgIpc) is 2.59. The van der Waals surface area contributed by atoms with Gasteiger partial charge in [0, 0.05) is 23.6 Å². The Labute approximate surface area is 141 Å². The van der Waals surface area contributed by atoms with Gasteiger partial charge in [-0.2, -0.15) is 0 Å². The smallest absolute Gasteiger partial charge is 0.184 e. The number of aromatic nitrogens is 1. The maximum absolute atomic E-state index is 5.90. The molecule has 3 nitrogen and oxygen atoms in total. The Morgan fingerprint density at radius 2 is 1.65 bits per heavy atom. The van der Waals surface area contributed by atoms with Crippen LogP contribution in [-0.4, -0.2) is 13.2 Å². The molecule has 2 rings (SSSR count). The molecule has 0 radical (unpaired) electrons. The van der Waals surface area contributed by atoms with Crippen LogP contribution in [0.3, 0.4) is 0 Å². The second-order valence-electron chi connectivity index (χ2n) is 6.65. The molecule has 1 fully saturated rings. The molecule has 2 heterocycles. The zero-order valence-corrected chi connectivity index (χ0v) is 14.6. The lowest BCUT2D eigenvalue weighted by Crippen LogP contribution is -2.29. The SMILES string of the molecule is C=CCCCCCCCCC1COC(c2cc[n+](C)cc2)OC1. The minimum atomic E-state index is -0.183. The zero-order valence-electron chi connectivity index (χ0n) is 14.6. The van der Waals surface area contributed by atoms with Gasteiger partial charge in [-0.15, -0.1) is 6.58 Å². The average molecular weight is 318 g/mol. The molecule has 0 N–H and O–H groups in total. The van der Waals surface area contributed by atoms with Gasteiger partial charge in [-0.05, 0) is 19.3 Å². The summed E-state index contributed by atoms with van der Waals surface area (Å²) in [6.07, 6.45) is 16.3. The van der Waals surface area contributed by atoms with Crippen molar-refractivity contribution in [3.05, 3.63) is 42.7 Å². The lowest BCUT2D eigenvalue weighted by atomic mass is 10.0. The number of allylic oxidation sites excluding steroid dienone is 1. The van der Waals surface area contributed by atoms with Gasteiger partial charge in [0.25, 0.3) is 0 Å². The van der Waals surface area contributed by atoms with Crippen LogP contribution in [0.4, 0.5) is 0 Å². The van der Waals surface area contributed by atoms with E-state index < -0.39 is 0 Å². The van der Waals surface area contributed by atoms with Gasteiger partial charge < -0.3 is 9.47 Å². The summed E-state index contributed by atoms with van der Waals surface area (Å²) in [6.45, 7) is 5.41. The molecular weight excluding hydrogens is 286 g/mol. The van der Waals surface area contributed by atoms with E-state index in [1.165, 1.54) is 44.9 Å². The monoisotopic (exact) mass is 318 g/mol. The van der Waals surface area contributed by atoms with Gasteiger partial charge in [-0.3, -0.25) is 0 Å². The van der Waals surface area contributed by atoms with Crippen molar-refractivity contribution in [3.8, 4) is 0 Å². The Bertz CT molecular complexity index is 435. The second kappa shape index (κ2) is 10.6. The Morgan fingerprint density at radius 1 is 1.04 bits per heavy atom. The number of nitrogens with zero attached hydrogens (tertiary/aromatic N) is 1. The van der Waals surface area contributed by atoms with Crippen LogP contribution in [0.15, 0.2) is 37.2 Å². The van der Waals surface area contributed by atoms with Crippen molar-refractivity contribution in [2.45, 2.75) is 57.7 Å². The minimum Gasteiger partial charge on any atom is -0.348 e. The molecule has 0 aromatic carbocycles. The molecule has 23 heavy (non-hydrogen) atoms. The van der Waals surface area contributed by atoms with Crippen molar-refractivity contribution in [3.63, 3.8) is 0 Å². The molecule has 1 aliphatic heterocycles. The minimum absolute atomic E-state index is 0.183. The van der Waals surface area contributed by atoms with Crippen LogP contribution < -0.4 is 4.57 Å². The second-order valence-corrected chi connectivity index (χ2v) is 6.65. The lowest BCUT2D eigenvalue weighted by molar-refractivity contribution is -0.671. The Morgan fingerprint density at radius 3 is 2.30 bits per heavy atom. The van der Waals surface area contributed by atoms with E-state index in [-0.39, 0.29) is 6.29 Å². The predicted molar refractivity (Wildman–Crippen MR) is 92.9 cm³/mol. The first-order chi connectivity index (χ1) is 11.3. The molecule has 0 bridgehead atoms. The van der Waals surface area contributed by atoms with Crippen LogP contribution in [0.1, 0.15) is 63.2 Å². The van der Waals surface area contributed by atoms with Gasteiger partial charge in [-0.1, -0.05) is 38.2 Å². The molecule has 128 valence electrons. The van der Waals surface area contributed by atoms with Crippen LogP contribution in [0.25, 0.3) is 0 Å². The van der Waals surface area contributed by atoms with E-state index in [1.807, 2.05) is 30.1 Å². The molecule has 3 heteroatoms. The van der Waals surface area contributed by atoms with Crippen molar-refractivity contribution in [1.82, 2.24) is 0 Å². The number of hydrogen-bond acceptors (Lipinski definition) is 2. The summed E-state index contributed by atoms with van der Waals surface area (Å²) >= 11 is 0. The molecule has 1 aliphatic rings. The molecule has 0 saturated carbocycles. The van der Waals surface area contributed by atoms with Crippen LogP contribution in [0, 0.1) is 5.92 Å². The van der Waals surface area contributed by atoms with E-state index in [1.54, 1.807) is 0 Å². The maximum Gasteiger partial charge on any atom is 0.184 e. The Hall–Kier alpha value is -1.19. The third-order valence-corrected chi connectivity index (χ3v) is 4.51. The Balaban J connectivity index is 1.53. The van der Waals surface area contributed by atoms with Crippen molar-refractivity contribution in [1.29, 1.82) is 0 Å². The number of pyridine rings is 1. The van der Waals surface area contributed by atoms with E-state index >= 15 is 0 Å². The molecule has 0 unspecified atom stereocenters.